The molecule has 32 heavy (non-hydrogen) atoms. The number of hydrogen-bond donors (Lipinski definition) is 1. The van der Waals surface area contributed by atoms with Gasteiger partial charge in [0.25, 0.3) is 0 Å². The molecule has 4 rings (SSSR count). The van der Waals surface area contributed by atoms with Crippen molar-refractivity contribution in [3.05, 3.63) is 90.6 Å². The molecule has 0 fully saturated rings. The molecule has 0 aliphatic carbocycles. The Morgan fingerprint density at radius 1 is 1.03 bits per heavy atom. The van der Waals surface area contributed by atoms with E-state index in [0.717, 1.165) is 27.9 Å². The molecule has 1 amide bonds. The van der Waals surface area contributed by atoms with E-state index in [4.69, 9.17) is 4.74 Å². The van der Waals surface area contributed by atoms with Crippen LogP contribution in [0.15, 0.2) is 79.3 Å². The Balaban J connectivity index is 1.50. The maximum absolute atomic E-state index is 13.5. The molecule has 162 valence electrons. The van der Waals surface area contributed by atoms with E-state index in [-0.39, 0.29) is 18.1 Å². The molecule has 0 bridgehead atoms. The Kier molecular flexibility index (Phi) is 6.55. The molecule has 0 unspecified atom stereocenters. The van der Waals surface area contributed by atoms with Gasteiger partial charge in [-0.3, -0.25) is 14.5 Å². The fraction of sp³-hybridized carbons (Fsp3) is 0.160. The second-order valence-electron chi connectivity index (χ2n) is 7.21. The number of ether oxygens (including phenoxy) is 1. The van der Waals surface area contributed by atoms with Crippen molar-refractivity contribution in [2.24, 2.45) is 0 Å². The number of halogens is 1. The Bertz CT molecular complexity index is 1190. The normalized spacial score (nSPS) is 10.7. The summed E-state index contributed by atoms with van der Waals surface area (Å²) in [6.45, 7) is 0.870. The molecule has 0 saturated carbocycles. The number of methoxy groups -OCH3 is 1. The summed E-state index contributed by atoms with van der Waals surface area (Å²) in [5, 5.41) is 7.47. The van der Waals surface area contributed by atoms with Gasteiger partial charge in [-0.1, -0.05) is 18.2 Å². The molecule has 4 aromatic rings. The number of carbonyl (C=O) groups excluding carboxylic acids is 1. The summed E-state index contributed by atoms with van der Waals surface area (Å²) in [5.74, 6) is 0.295. The van der Waals surface area contributed by atoms with Crippen LogP contribution >= 0.6 is 0 Å². The van der Waals surface area contributed by atoms with Crippen LogP contribution in [0.2, 0.25) is 0 Å². The van der Waals surface area contributed by atoms with Gasteiger partial charge in [0, 0.05) is 35.6 Å². The molecule has 0 saturated heterocycles. The SMILES string of the molecule is COc1ccccc1CC(=O)NCCn1ncc(-c2ccncc2)c1-c1ccc(F)cc1. The van der Waals surface area contributed by atoms with Crippen molar-refractivity contribution in [1.29, 1.82) is 0 Å². The predicted octanol–water partition coefficient (Wildman–Crippen LogP) is 4.12. The highest BCUT2D eigenvalue weighted by atomic mass is 19.1. The van der Waals surface area contributed by atoms with E-state index in [1.54, 1.807) is 37.8 Å². The standard InChI is InChI=1S/C25H23FN4O2/c1-32-23-5-3-2-4-20(23)16-24(31)28-14-15-30-25(19-6-8-21(26)9-7-19)22(17-29-30)18-10-12-27-13-11-18/h2-13,17H,14-16H2,1H3,(H,28,31). The van der Waals surface area contributed by atoms with Crippen LogP contribution in [0.4, 0.5) is 4.39 Å². The first kappa shape index (κ1) is 21.2. The van der Waals surface area contributed by atoms with Crippen LogP contribution < -0.4 is 10.1 Å². The van der Waals surface area contributed by atoms with Gasteiger partial charge in [0.1, 0.15) is 11.6 Å². The predicted molar refractivity (Wildman–Crippen MR) is 121 cm³/mol. The van der Waals surface area contributed by atoms with Crippen LogP contribution in [-0.4, -0.2) is 34.3 Å². The Hall–Kier alpha value is -4.00. The lowest BCUT2D eigenvalue weighted by Gasteiger charge is -2.12. The van der Waals surface area contributed by atoms with Crippen LogP contribution in [0.5, 0.6) is 5.75 Å². The molecule has 0 spiro atoms. The second kappa shape index (κ2) is 9.87. The minimum Gasteiger partial charge on any atom is -0.496 e. The zero-order chi connectivity index (χ0) is 22.3. The summed E-state index contributed by atoms with van der Waals surface area (Å²) in [7, 11) is 1.59. The number of rotatable bonds is 8. The lowest BCUT2D eigenvalue weighted by Crippen LogP contribution is -2.29. The van der Waals surface area contributed by atoms with Crippen LogP contribution in [0.3, 0.4) is 0 Å². The molecule has 0 aliphatic heterocycles. The van der Waals surface area contributed by atoms with Gasteiger partial charge in [-0.15, -0.1) is 0 Å². The number of para-hydroxylation sites is 1. The fourth-order valence-corrected chi connectivity index (χ4v) is 3.60. The van der Waals surface area contributed by atoms with E-state index in [2.05, 4.69) is 15.4 Å². The van der Waals surface area contributed by atoms with Crippen molar-refractivity contribution in [2.45, 2.75) is 13.0 Å². The third-order valence-corrected chi connectivity index (χ3v) is 5.14. The zero-order valence-corrected chi connectivity index (χ0v) is 17.7. The zero-order valence-electron chi connectivity index (χ0n) is 17.7. The average molecular weight is 430 g/mol. The van der Waals surface area contributed by atoms with Crippen molar-refractivity contribution in [3.8, 4) is 28.1 Å². The monoisotopic (exact) mass is 430 g/mol. The van der Waals surface area contributed by atoms with Gasteiger partial charge in [-0.2, -0.15) is 5.10 Å². The van der Waals surface area contributed by atoms with Crippen molar-refractivity contribution in [3.63, 3.8) is 0 Å². The van der Waals surface area contributed by atoms with Gasteiger partial charge in [0.05, 0.1) is 32.0 Å². The largest absolute Gasteiger partial charge is 0.496 e. The molecule has 2 aromatic heterocycles. The van der Waals surface area contributed by atoms with E-state index in [9.17, 15) is 9.18 Å². The van der Waals surface area contributed by atoms with Gasteiger partial charge >= 0.3 is 0 Å². The number of amides is 1. The summed E-state index contributed by atoms with van der Waals surface area (Å²) in [4.78, 5) is 16.5. The van der Waals surface area contributed by atoms with E-state index in [1.165, 1.54) is 12.1 Å². The summed E-state index contributed by atoms with van der Waals surface area (Å²) < 4.78 is 20.6. The quantitative estimate of drug-likeness (QED) is 0.457. The highest BCUT2D eigenvalue weighted by Gasteiger charge is 2.15. The van der Waals surface area contributed by atoms with Crippen molar-refractivity contribution in [2.75, 3.05) is 13.7 Å². The molecule has 7 heteroatoms. The number of pyridine rings is 1. The van der Waals surface area contributed by atoms with Gasteiger partial charge in [-0.05, 0) is 48.0 Å². The summed E-state index contributed by atoms with van der Waals surface area (Å²) in [6.07, 6.45) is 5.46. The van der Waals surface area contributed by atoms with Crippen molar-refractivity contribution >= 4 is 5.91 Å². The summed E-state index contributed by atoms with van der Waals surface area (Å²) in [5.41, 5.74) is 4.41. The highest BCUT2D eigenvalue weighted by molar-refractivity contribution is 5.81. The second-order valence-corrected chi connectivity index (χ2v) is 7.21. The summed E-state index contributed by atoms with van der Waals surface area (Å²) in [6, 6.07) is 17.6. The number of carbonyl (C=O) groups is 1. The van der Waals surface area contributed by atoms with Gasteiger partial charge in [0.15, 0.2) is 0 Å². The topological polar surface area (TPSA) is 69.0 Å². The van der Waals surface area contributed by atoms with Crippen LogP contribution in [0.25, 0.3) is 22.4 Å². The number of nitrogens with one attached hydrogen (secondary N) is 1. The molecular weight excluding hydrogens is 407 g/mol. The maximum atomic E-state index is 13.5. The Morgan fingerprint density at radius 3 is 2.53 bits per heavy atom. The van der Waals surface area contributed by atoms with Gasteiger partial charge < -0.3 is 10.1 Å². The third kappa shape index (κ3) is 4.83. The van der Waals surface area contributed by atoms with Crippen molar-refractivity contribution in [1.82, 2.24) is 20.1 Å². The number of benzene rings is 2. The lowest BCUT2D eigenvalue weighted by molar-refractivity contribution is -0.120. The van der Waals surface area contributed by atoms with Crippen LogP contribution in [0.1, 0.15) is 5.56 Å². The van der Waals surface area contributed by atoms with E-state index < -0.39 is 0 Å². The molecule has 0 aliphatic rings. The molecule has 6 nitrogen and oxygen atoms in total. The van der Waals surface area contributed by atoms with Gasteiger partial charge in [-0.25, -0.2) is 4.39 Å². The molecule has 0 radical (unpaired) electrons. The highest BCUT2D eigenvalue weighted by Crippen LogP contribution is 2.32. The van der Waals surface area contributed by atoms with E-state index in [1.807, 2.05) is 41.1 Å². The number of nitrogens with zero attached hydrogens (tertiary/aromatic N) is 3. The minimum atomic E-state index is -0.297. The molecule has 0 atom stereocenters. The molecule has 1 N–H and O–H groups in total. The first-order valence-electron chi connectivity index (χ1n) is 10.3. The number of aromatic nitrogens is 3. The third-order valence-electron chi connectivity index (χ3n) is 5.14. The molecule has 2 heterocycles. The van der Waals surface area contributed by atoms with E-state index >= 15 is 0 Å². The maximum Gasteiger partial charge on any atom is 0.224 e. The van der Waals surface area contributed by atoms with Crippen LogP contribution in [0, 0.1) is 5.82 Å². The fourth-order valence-electron chi connectivity index (χ4n) is 3.60. The Labute approximate surface area is 185 Å². The van der Waals surface area contributed by atoms with E-state index in [0.29, 0.717) is 18.8 Å². The van der Waals surface area contributed by atoms with Crippen molar-refractivity contribution < 1.29 is 13.9 Å². The average Bonchev–Trinajstić information content (AvgIpc) is 3.24. The first-order chi connectivity index (χ1) is 15.7. The smallest absolute Gasteiger partial charge is 0.224 e. The minimum absolute atomic E-state index is 0.0978. The van der Waals surface area contributed by atoms with Crippen LogP contribution in [-0.2, 0) is 17.8 Å². The number of hydrogen-bond acceptors (Lipinski definition) is 4. The Morgan fingerprint density at radius 2 is 1.78 bits per heavy atom. The lowest BCUT2D eigenvalue weighted by atomic mass is 10.0. The first-order valence-corrected chi connectivity index (χ1v) is 10.3. The molecule has 2 aromatic carbocycles. The van der Waals surface area contributed by atoms with Gasteiger partial charge in [0.2, 0.25) is 5.91 Å². The summed E-state index contributed by atoms with van der Waals surface area (Å²) >= 11 is 0. The molecular formula is C25H23FN4O2.